The molecule has 0 amide bonds. The lowest BCUT2D eigenvalue weighted by molar-refractivity contribution is 0.400. The number of fused-ring (bicyclic) bond motifs is 1. The summed E-state index contributed by atoms with van der Waals surface area (Å²) in [6, 6.07) is 17.6. The van der Waals surface area contributed by atoms with Crippen LogP contribution in [0.1, 0.15) is 24.0 Å². The van der Waals surface area contributed by atoms with Gasteiger partial charge in [-0.2, -0.15) is 10.4 Å². The van der Waals surface area contributed by atoms with Gasteiger partial charge in [-0.25, -0.2) is 14.5 Å². The lowest BCUT2D eigenvalue weighted by atomic mass is 10.0. The van der Waals surface area contributed by atoms with E-state index in [1.807, 2.05) is 43.3 Å². The standard InChI is InChI=1S/C20H15N5O.C5H11N/c1-13-3-7-16(8-4-13)18-17(15-9-5-14(11-21)6-10-15)24-20(26-2)19-22-12-23-25(18)19;1-6-4-2-3-5-6/h3-10,12H,1-2H3;2-5H2,1H3. The minimum Gasteiger partial charge on any atom is -0.478 e. The second-order valence-electron chi connectivity index (χ2n) is 7.88. The zero-order chi connectivity index (χ0) is 22.5. The highest BCUT2D eigenvalue weighted by atomic mass is 16.5. The van der Waals surface area contributed by atoms with E-state index in [-0.39, 0.29) is 0 Å². The first-order valence-electron chi connectivity index (χ1n) is 10.6. The third kappa shape index (κ3) is 4.46. The molecule has 4 aromatic rings. The summed E-state index contributed by atoms with van der Waals surface area (Å²) in [6.07, 6.45) is 4.31. The van der Waals surface area contributed by atoms with Crippen molar-refractivity contribution >= 4 is 5.65 Å². The molecule has 0 atom stereocenters. The summed E-state index contributed by atoms with van der Waals surface area (Å²) >= 11 is 0. The number of likely N-dealkylation sites (tertiary alicyclic amines) is 1. The van der Waals surface area contributed by atoms with Crippen molar-refractivity contribution < 1.29 is 4.74 Å². The van der Waals surface area contributed by atoms with Crippen molar-refractivity contribution in [2.75, 3.05) is 27.2 Å². The molecule has 0 N–H and O–H groups in total. The topological polar surface area (TPSA) is 79.3 Å². The maximum Gasteiger partial charge on any atom is 0.260 e. The fourth-order valence-corrected chi connectivity index (χ4v) is 3.74. The molecule has 1 fully saturated rings. The Kier molecular flexibility index (Phi) is 6.43. The van der Waals surface area contributed by atoms with Crippen LogP contribution < -0.4 is 4.74 Å². The van der Waals surface area contributed by atoms with Crippen LogP contribution in [0.3, 0.4) is 0 Å². The minimum absolute atomic E-state index is 0.401. The third-order valence-electron chi connectivity index (χ3n) is 5.52. The van der Waals surface area contributed by atoms with E-state index in [1.165, 1.54) is 37.8 Å². The molecule has 32 heavy (non-hydrogen) atoms. The van der Waals surface area contributed by atoms with Crippen LogP contribution in [0.4, 0.5) is 0 Å². The van der Waals surface area contributed by atoms with Gasteiger partial charge in [-0.15, -0.1) is 0 Å². The van der Waals surface area contributed by atoms with Gasteiger partial charge in [0.15, 0.2) is 0 Å². The number of nitriles is 1. The second kappa shape index (κ2) is 9.58. The van der Waals surface area contributed by atoms with Crippen LogP contribution in [-0.2, 0) is 0 Å². The molecule has 1 saturated heterocycles. The number of benzene rings is 2. The molecule has 5 rings (SSSR count). The van der Waals surface area contributed by atoms with Gasteiger partial charge in [0.1, 0.15) is 17.7 Å². The zero-order valence-electron chi connectivity index (χ0n) is 18.6. The molecule has 0 aliphatic carbocycles. The molecule has 2 aromatic heterocycles. The monoisotopic (exact) mass is 426 g/mol. The smallest absolute Gasteiger partial charge is 0.260 e. The Morgan fingerprint density at radius 1 is 0.969 bits per heavy atom. The summed E-state index contributed by atoms with van der Waals surface area (Å²) in [5.74, 6) is 0.401. The van der Waals surface area contributed by atoms with Gasteiger partial charge in [-0.1, -0.05) is 42.0 Å². The maximum atomic E-state index is 9.05. The van der Waals surface area contributed by atoms with Gasteiger partial charge in [0, 0.05) is 11.1 Å². The van der Waals surface area contributed by atoms with E-state index in [9.17, 15) is 0 Å². The highest BCUT2D eigenvalue weighted by molar-refractivity contribution is 5.81. The van der Waals surface area contributed by atoms with E-state index in [1.54, 1.807) is 23.8 Å². The molecule has 0 saturated carbocycles. The lowest BCUT2D eigenvalue weighted by Gasteiger charge is -2.13. The first kappa shape index (κ1) is 21.5. The number of hydrogen-bond acceptors (Lipinski definition) is 6. The Balaban J connectivity index is 0.000000354. The van der Waals surface area contributed by atoms with E-state index in [2.05, 4.69) is 33.1 Å². The fourth-order valence-electron chi connectivity index (χ4n) is 3.74. The number of ether oxygens (including phenoxy) is 1. The number of nitrogens with zero attached hydrogens (tertiary/aromatic N) is 6. The molecule has 0 unspecified atom stereocenters. The minimum atomic E-state index is 0.401. The lowest BCUT2D eigenvalue weighted by Crippen LogP contribution is -2.10. The highest BCUT2D eigenvalue weighted by Gasteiger charge is 2.19. The number of hydrogen-bond donors (Lipinski definition) is 0. The third-order valence-corrected chi connectivity index (χ3v) is 5.52. The number of aromatic nitrogens is 4. The van der Waals surface area contributed by atoms with Crippen molar-refractivity contribution in [1.29, 1.82) is 5.26 Å². The molecule has 1 aliphatic heterocycles. The van der Waals surface area contributed by atoms with Crippen LogP contribution in [-0.4, -0.2) is 51.7 Å². The molecular formula is C25H26N6O. The van der Waals surface area contributed by atoms with Gasteiger partial charge < -0.3 is 9.64 Å². The quantitative estimate of drug-likeness (QED) is 0.484. The normalized spacial score (nSPS) is 13.4. The Morgan fingerprint density at radius 3 is 2.19 bits per heavy atom. The number of methoxy groups -OCH3 is 1. The molecule has 0 spiro atoms. The van der Waals surface area contributed by atoms with Crippen LogP contribution in [0.25, 0.3) is 28.2 Å². The molecule has 162 valence electrons. The second-order valence-corrected chi connectivity index (χ2v) is 7.88. The average Bonchev–Trinajstić information content (AvgIpc) is 3.51. The van der Waals surface area contributed by atoms with Crippen molar-refractivity contribution in [1.82, 2.24) is 24.5 Å². The molecular weight excluding hydrogens is 400 g/mol. The van der Waals surface area contributed by atoms with Crippen LogP contribution >= 0.6 is 0 Å². The van der Waals surface area contributed by atoms with Crippen LogP contribution in [0.5, 0.6) is 5.88 Å². The molecule has 2 aromatic carbocycles. The molecule has 7 nitrogen and oxygen atoms in total. The van der Waals surface area contributed by atoms with Gasteiger partial charge in [0.05, 0.1) is 18.7 Å². The van der Waals surface area contributed by atoms with Crippen molar-refractivity contribution in [2.24, 2.45) is 0 Å². The first-order chi connectivity index (χ1) is 15.6. The van der Waals surface area contributed by atoms with Crippen LogP contribution in [0.2, 0.25) is 0 Å². The SMILES string of the molecule is CN1CCCC1.COc1nc(-c2ccc(C#N)cc2)c(-c2ccc(C)cc2)n2ncnc12. The largest absolute Gasteiger partial charge is 0.478 e. The van der Waals surface area contributed by atoms with E-state index in [0.717, 1.165) is 16.8 Å². The first-order valence-corrected chi connectivity index (χ1v) is 10.6. The van der Waals surface area contributed by atoms with Gasteiger partial charge in [-0.05, 0) is 52.0 Å². The Morgan fingerprint density at radius 2 is 1.62 bits per heavy atom. The van der Waals surface area contributed by atoms with E-state index in [4.69, 9.17) is 10.00 Å². The van der Waals surface area contributed by atoms with Gasteiger partial charge in [0.2, 0.25) is 5.65 Å². The average molecular weight is 427 g/mol. The number of aryl methyl sites for hydroxylation is 1. The molecule has 7 heteroatoms. The Labute approximate surface area is 187 Å². The molecule has 0 radical (unpaired) electrons. The Bertz CT molecular complexity index is 1230. The summed E-state index contributed by atoms with van der Waals surface area (Å²) in [6.45, 7) is 4.68. The molecule has 1 aliphatic rings. The summed E-state index contributed by atoms with van der Waals surface area (Å²) in [5, 5.41) is 13.4. The van der Waals surface area contributed by atoms with Gasteiger partial charge in [-0.3, -0.25) is 0 Å². The predicted octanol–water partition coefficient (Wildman–Crippen LogP) is 4.36. The summed E-state index contributed by atoms with van der Waals surface area (Å²) in [4.78, 5) is 11.3. The molecule has 0 bridgehead atoms. The predicted molar refractivity (Wildman–Crippen MR) is 124 cm³/mol. The fraction of sp³-hybridized carbons (Fsp3) is 0.280. The Hall–Kier alpha value is -3.76. The van der Waals surface area contributed by atoms with Gasteiger partial charge >= 0.3 is 0 Å². The zero-order valence-corrected chi connectivity index (χ0v) is 18.6. The van der Waals surface area contributed by atoms with Crippen molar-refractivity contribution in [3.8, 4) is 34.5 Å². The van der Waals surface area contributed by atoms with Crippen molar-refractivity contribution in [2.45, 2.75) is 19.8 Å². The van der Waals surface area contributed by atoms with Crippen LogP contribution in [0.15, 0.2) is 54.9 Å². The number of rotatable bonds is 3. The summed E-state index contributed by atoms with van der Waals surface area (Å²) < 4.78 is 7.16. The van der Waals surface area contributed by atoms with Gasteiger partial charge in [0.25, 0.3) is 5.88 Å². The van der Waals surface area contributed by atoms with E-state index >= 15 is 0 Å². The van der Waals surface area contributed by atoms with E-state index in [0.29, 0.717) is 22.8 Å². The highest BCUT2D eigenvalue weighted by Crippen LogP contribution is 2.34. The van der Waals surface area contributed by atoms with Crippen LogP contribution in [0, 0.1) is 18.3 Å². The summed E-state index contributed by atoms with van der Waals surface area (Å²) in [7, 11) is 3.73. The van der Waals surface area contributed by atoms with Crippen molar-refractivity contribution in [3.05, 3.63) is 66.0 Å². The van der Waals surface area contributed by atoms with Crippen molar-refractivity contribution in [3.63, 3.8) is 0 Å². The maximum absolute atomic E-state index is 9.05. The van der Waals surface area contributed by atoms with E-state index < -0.39 is 0 Å². The molecule has 3 heterocycles. The summed E-state index contributed by atoms with van der Waals surface area (Å²) in [5.41, 5.74) is 5.71.